The second-order valence-electron chi connectivity index (χ2n) is 6.84. The zero-order chi connectivity index (χ0) is 22.5. The molecule has 0 atom stereocenters. The lowest BCUT2D eigenvalue weighted by Crippen LogP contribution is -2.24. The zero-order valence-electron chi connectivity index (χ0n) is 17.5. The number of thiophene rings is 1. The maximum atomic E-state index is 13.1. The van der Waals surface area contributed by atoms with Crippen LogP contribution < -0.4 is 15.6 Å². The number of thioether (sulfide) groups is 2. The molecule has 32 heavy (non-hydrogen) atoms. The smallest absolute Gasteiger partial charge is 0.272 e. The first kappa shape index (κ1) is 22.4. The first-order chi connectivity index (χ1) is 15.6. The number of benzene rings is 2. The van der Waals surface area contributed by atoms with Crippen LogP contribution in [0.3, 0.4) is 0 Å². The average Bonchev–Trinajstić information content (AvgIpc) is 3.29. The fourth-order valence-corrected chi connectivity index (χ4v) is 5.15. The Balaban J connectivity index is 1.55. The quantitative estimate of drug-likeness (QED) is 0.282. The SMILES string of the molecule is COc1ccc(Cn2c(SCC(=O)Nc3cccc(SC)c3)nc3ccsc3c2=O)cc1. The molecule has 0 spiro atoms. The van der Waals surface area contributed by atoms with Crippen LogP contribution in [0.5, 0.6) is 5.75 Å². The molecule has 0 saturated carbocycles. The van der Waals surface area contributed by atoms with Crippen molar-refractivity contribution in [1.82, 2.24) is 9.55 Å². The van der Waals surface area contributed by atoms with Crippen molar-refractivity contribution in [3.63, 3.8) is 0 Å². The molecule has 2 aromatic carbocycles. The Morgan fingerprint density at radius 1 is 1.19 bits per heavy atom. The molecular weight excluding hydrogens is 462 g/mol. The lowest BCUT2D eigenvalue weighted by Gasteiger charge is -2.13. The van der Waals surface area contributed by atoms with Gasteiger partial charge in [0.15, 0.2) is 5.16 Å². The summed E-state index contributed by atoms with van der Waals surface area (Å²) >= 11 is 4.25. The van der Waals surface area contributed by atoms with E-state index < -0.39 is 0 Å². The number of carbonyl (C=O) groups is 1. The van der Waals surface area contributed by atoms with Gasteiger partial charge in [-0.2, -0.15) is 0 Å². The van der Waals surface area contributed by atoms with Gasteiger partial charge in [-0.1, -0.05) is 30.0 Å². The van der Waals surface area contributed by atoms with Gasteiger partial charge in [0.25, 0.3) is 5.56 Å². The minimum absolute atomic E-state index is 0.101. The molecule has 0 bridgehead atoms. The first-order valence-corrected chi connectivity index (χ1v) is 12.8. The maximum Gasteiger partial charge on any atom is 0.272 e. The van der Waals surface area contributed by atoms with Crippen LogP contribution in [-0.2, 0) is 11.3 Å². The summed E-state index contributed by atoms with van der Waals surface area (Å²) in [5.41, 5.74) is 2.25. The molecule has 6 nitrogen and oxygen atoms in total. The third-order valence-corrected chi connectivity index (χ3v) is 7.31. The predicted molar refractivity (Wildman–Crippen MR) is 134 cm³/mol. The molecule has 0 unspecified atom stereocenters. The number of aromatic nitrogens is 2. The number of carbonyl (C=O) groups excluding carboxylic acids is 1. The number of ether oxygens (including phenoxy) is 1. The summed E-state index contributed by atoms with van der Waals surface area (Å²) < 4.78 is 7.46. The fraction of sp³-hybridized carbons (Fsp3) is 0.174. The Bertz CT molecular complexity index is 1300. The largest absolute Gasteiger partial charge is 0.497 e. The van der Waals surface area contributed by atoms with Crippen LogP contribution >= 0.6 is 34.9 Å². The Kier molecular flexibility index (Phi) is 7.19. The van der Waals surface area contributed by atoms with E-state index in [1.165, 1.54) is 23.1 Å². The van der Waals surface area contributed by atoms with Crippen molar-refractivity contribution in [2.24, 2.45) is 0 Å². The van der Waals surface area contributed by atoms with Gasteiger partial charge in [0.2, 0.25) is 5.91 Å². The number of hydrogen-bond acceptors (Lipinski definition) is 7. The summed E-state index contributed by atoms with van der Waals surface area (Å²) in [6.45, 7) is 0.364. The van der Waals surface area contributed by atoms with Crippen LogP contribution in [-0.4, -0.2) is 34.6 Å². The van der Waals surface area contributed by atoms with Crippen molar-refractivity contribution in [2.75, 3.05) is 24.4 Å². The topological polar surface area (TPSA) is 73.2 Å². The number of anilines is 1. The van der Waals surface area contributed by atoms with Gasteiger partial charge < -0.3 is 10.1 Å². The Labute approximate surface area is 198 Å². The van der Waals surface area contributed by atoms with Gasteiger partial charge >= 0.3 is 0 Å². The minimum atomic E-state index is -0.149. The highest BCUT2D eigenvalue weighted by molar-refractivity contribution is 7.99. The average molecular weight is 484 g/mol. The van der Waals surface area contributed by atoms with Gasteiger partial charge in [-0.05, 0) is 53.6 Å². The van der Waals surface area contributed by atoms with Crippen LogP contribution in [0.2, 0.25) is 0 Å². The summed E-state index contributed by atoms with van der Waals surface area (Å²) in [5, 5.41) is 5.29. The van der Waals surface area contributed by atoms with E-state index in [-0.39, 0.29) is 17.2 Å². The normalized spacial score (nSPS) is 10.9. The highest BCUT2D eigenvalue weighted by Crippen LogP contribution is 2.23. The van der Waals surface area contributed by atoms with Crippen LogP contribution in [0.15, 0.2) is 74.8 Å². The number of nitrogens with one attached hydrogen (secondary N) is 1. The Morgan fingerprint density at radius 3 is 2.75 bits per heavy atom. The first-order valence-electron chi connectivity index (χ1n) is 9.75. The van der Waals surface area contributed by atoms with Crippen LogP contribution in [0, 0.1) is 0 Å². The van der Waals surface area contributed by atoms with Gasteiger partial charge in [0.1, 0.15) is 10.4 Å². The van der Waals surface area contributed by atoms with Gasteiger partial charge in [-0.3, -0.25) is 14.2 Å². The van der Waals surface area contributed by atoms with Crippen LogP contribution in [0.4, 0.5) is 5.69 Å². The van der Waals surface area contributed by atoms with E-state index in [4.69, 9.17) is 4.74 Å². The van der Waals surface area contributed by atoms with E-state index in [0.29, 0.717) is 21.9 Å². The molecule has 9 heteroatoms. The molecule has 0 aliphatic carbocycles. The molecule has 0 aliphatic rings. The van der Waals surface area contributed by atoms with E-state index in [9.17, 15) is 9.59 Å². The van der Waals surface area contributed by atoms with Crippen LogP contribution in [0.1, 0.15) is 5.56 Å². The summed E-state index contributed by atoms with van der Waals surface area (Å²) in [7, 11) is 1.62. The monoisotopic (exact) mass is 483 g/mol. The molecule has 0 aliphatic heterocycles. The molecule has 2 heterocycles. The lowest BCUT2D eigenvalue weighted by atomic mass is 10.2. The Hall–Kier alpha value is -2.75. The van der Waals surface area contributed by atoms with E-state index in [1.807, 2.05) is 66.2 Å². The second-order valence-corrected chi connectivity index (χ2v) is 9.58. The molecule has 164 valence electrons. The third kappa shape index (κ3) is 5.17. The molecule has 1 N–H and O–H groups in total. The number of amides is 1. The number of rotatable bonds is 8. The highest BCUT2D eigenvalue weighted by Gasteiger charge is 2.15. The molecule has 1 amide bonds. The van der Waals surface area contributed by atoms with E-state index in [1.54, 1.807) is 23.4 Å². The summed E-state index contributed by atoms with van der Waals surface area (Å²) in [4.78, 5) is 31.4. The highest BCUT2D eigenvalue weighted by atomic mass is 32.2. The third-order valence-electron chi connectivity index (χ3n) is 4.72. The summed E-state index contributed by atoms with van der Waals surface area (Å²) in [6, 6.07) is 17.1. The number of methoxy groups -OCH3 is 1. The number of nitrogens with zero attached hydrogens (tertiary/aromatic N) is 2. The van der Waals surface area contributed by atoms with Gasteiger partial charge in [-0.15, -0.1) is 23.1 Å². The van der Waals surface area contributed by atoms with E-state index in [0.717, 1.165) is 21.9 Å². The molecule has 4 aromatic rings. The molecule has 2 aromatic heterocycles. The summed E-state index contributed by atoms with van der Waals surface area (Å²) in [5.74, 6) is 0.752. The van der Waals surface area contributed by atoms with Crippen molar-refractivity contribution in [1.29, 1.82) is 0 Å². The van der Waals surface area contributed by atoms with Crippen molar-refractivity contribution in [3.05, 3.63) is 75.9 Å². The predicted octanol–water partition coefficient (Wildman–Crippen LogP) is 4.97. The molecule has 0 radical (unpaired) electrons. The molecule has 4 rings (SSSR count). The standard InChI is InChI=1S/C23H21N3O3S3/c1-29-17-8-6-15(7-9-17)13-26-22(28)21-19(10-11-31-21)25-23(26)32-14-20(27)24-16-4-3-5-18(12-16)30-2/h3-12H,13-14H2,1-2H3,(H,24,27). The van der Waals surface area contributed by atoms with Crippen molar-refractivity contribution in [3.8, 4) is 5.75 Å². The molecular formula is C23H21N3O3S3. The van der Waals surface area contributed by atoms with Crippen LogP contribution in [0.25, 0.3) is 10.2 Å². The van der Waals surface area contributed by atoms with Gasteiger partial charge in [-0.25, -0.2) is 4.98 Å². The lowest BCUT2D eigenvalue weighted by molar-refractivity contribution is -0.113. The van der Waals surface area contributed by atoms with Crippen molar-refractivity contribution < 1.29 is 9.53 Å². The van der Waals surface area contributed by atoms with Gasteiger partial charge in [0, 0.05) is 10.6 Å². The summed E-state index contributed by atoms with van der Waals surface area (Å²) in [6.07, 6.45) is 1.99. The van der Waals surface area contributed by atoms with E-state index in [2.05, 4.69) is 10.3 Å². The maximum absolute atomic E-state index is 13.1. The van der Waals surface area contributed by atoms with Crippen molar-refractivity contribution >= 4 is 56.7 Å². The van der Waals surface area contributed by atoms with E-state index >= 15 is 0 Å². The second kappa shape index (κ2) is 10.2. The number of hydrogen-bond donors (Lipinski definition) is 1. The fourth-order valence-electron chi connectivity index (χ4n) is 3.11. The Morgan fingerprint density at radius 2 is 2.00 bits per heavy atom. The number of fused-ring (bicyclic) bond motifs is 1. The molecule has 0 saturated heterocycles. The molecule has 0 fully saturated rings. The minimum Gasteiger partial charge on any atom is -0.497 e. The van der Waals surface area contributed by atoms with Crippen molar-refractivity contribution in [2.45, 2.75) is 16.6 Å². The van der Waals surface area contributed by atoms with Gasteiger partial charge in [0.05, 0.1) is 24.9 Å². The zero-order valence-corrected chi connectivity index (χ0v) is 20.0.